The standard InChI is InChI=1S/C23H17NO4/c1-26-20-13-22-21(27-14-28-22)12-15(20)11-18-17-9-5-6-10-19(17)24(23(18)25)16-7-3-2-4-8-16/h2-13H,14H2,1H3/b18-11+. The van der Waals surface area contributed by atoms with E-state index in [1.54, 1.807) is 18.1 Å². The molecule has 5 nitrogen and oxygen atoms in total. The molecule has 3 aromatic rings. The molecule has 5 rings (SSSR count). The maximum absolute atomic E-state index is 13.4. The first-order chi connectivity index (χ1) is 13.8. The highest BCUT2D eigenvalue weighted by atomic mass is 16.7. The van der Waals surface area contributed by atoms with Crippen LogP contribution in [-0.2, 0) is 4.79 Å². The second kappa shape index (κ2) is 6.46. The molecule has 138 valence electrons. The zero-order chi connectivity index (χ0) is 19.1. The molecule has 2 aliphatic heterocycles. The van der Waals surface area contributed by atoms with Crippen LogP contribution in [0, 0.1) is 0 Å². The number of carbonyl (C=O) groups excluding carboxylic acids is 1. The molecule has 3 aromatic carbocycles. The first-order valence-electron chi connectivity index (χ1n) is 8.94. The maximum atomic E-state index is 13.4. The molecule has 1 amide bonds. The minimum absolute atomic E-state index is 0.0767. The van der Waals surface area contributed by atoms with E-state index in [1.165, 1.54) is 0 Å². The summed E-state index contributed by atoms with van der Waals surface area (Å²) in [5.74, 6) is 1.83. The van der Waals surface area contributed by atoms with Crippen LogP contribution >= 0.6 is 0 Å². The van der Waals surface area contributed by atoms with Gasteiger partial charge in [0.15, 0.2) is 11.5 Å². The Bertz CT molecular complexity index is 1100. The van der Waals surface area contributed by atoms with Gasteiger partial charge in [-0.05, 0) is 30.3 Å². The van der Waals surface area contributed by atoms with Gasteiger partial charge in [0.25, 0.3) is 5.91 Å². The summed E-state index contributed by atoms with van der Waals surface area (Å²) >= 11 is 0. The Hall–Kier alpha value is -3.73. The van der Waals surface area contributed by atoms with Gasteiger partial charge in [-0.3, -0.25) is 9.69 Å². The Morgan fingerprint density at radius 1 is 0.964 bits per heavy atom. The molecule has 0 N–H and O–H groups in total. The van der Waals surface area contributed by atoms with Crippen LogP contribution in [0.2, 0.25) is 0 Å². The van der Waals surface area contributed by atoms with Crippen molar-refractivity contribution in [3.05, 3.63) is 77.9 Å². The lowest BCUT2D eigenvalue weighted by atomic mass is 10.0. The minimum atomic E-state index is -0.0767. The average molecular weight is 371 g/mol. The number of rotatable bonds is 3. The van der Waals surface area contributed by atoms with Gasteiger partial charge in [-0.2, -0.15) is 0 Å². The third kappa shape index (κ3) is 2.52. The summed E-state index contributed by atoms with van der Waals surface area (Å²) in [6.07, 6.45) is 1.85. The number of fused-ring (bicyclic) bond motifs is 2. The third-order valence-electron chi connectivity index (χ3n) is 4.91. The Labute approximate surface area is 162 Å². The molecule has 0 aliphatic carbocycles. The molecule has 2 aliphatic rings. The van der Waals surface area contributed by atoms with Gasteiger partial charge in [0, 0.05) is 22.9 Å². The molecule has 0 bridgehead atoms. The van der Waals surface area contributed by atoms with Crippen molar-refractivity contribution in [1.29, 1.82) is 0 Å². The van der Waals surface area contributed by atoms with Crippen LogP contribution < -0.4 is 19.1 Å². The lowest BCUT2D eigenvalue weighted by molar-refractivity contribution is -0.112. The van der Waals surface area contributed by atoms with Crippen molar-refractivity contribution in [1.82, 2.24) is 0 Å². The maximum Gasteiger partial charge on any atom is 0.263 e. The number of ether oxygens (including phenoxy) is 3. The second-order valence-corrected chi connectivity index (χ2v) is 6.50. The Kier molecular flexibility index (Phi) is 3.79. The van der Waals surface area contributed by atoms with Gasteiger partial charge in [0.05, 0.1) is 18.4 Å². The van der Waals surface area contributed by atoms with Gasteiger partial charge in [0.1, 0.15) is 5.75 Å². The summed E-state index contributed by atoms with van der Waals surface area (Å²) in [4.78, 5) is 15.1. The molecule has 0 atom stereocenters. The number of hydrogen-bond acceptors (Lipinski definition) is 4. The van der Waals surface area contributed by atoms with Gasteiger partial charge >= 0.3 is 0 Å². The predicted octanol–water partition coefficient (Wildman–Crippen LogP) is 4.64. The van der Waals surface area contributed by atoms with Crippen molar-refractivity contribution in [2.75, 3.05) is 18.8 Å². The molecule has 28 heavy (non-hydrogen) atoms. The minimum Gasteiger partial charge on any atom is -0.496 e. The van der Waals surface area contributed by atoms with E-state index in [9.17, 15) is 4.79 Å². The van der Waals surface area contributed by atoms with E-state index < -0.39 is 0 Å². The second-order valence-electron chi connectivity index (χ2n) is 6.50. The van der Waals surface area contributed by atoms with Crippen LogP contribution in [0.1, 0.15) is 11.1 Å². The van der Waals surface area contributed by atoms with E-state index in [-0.39, 0.29) is 12.7 Å². The van der Waals surface area contributed by atoms with Crippen LogP contribution in [0.15, 0.2) is 66.7 Å². The zero-order valence-electron chi connectivity index (χ0n) is 15.2. The molecule has 0 aromatic heterocycles. The van der Waals surface area contributed by atoms with Crippen molar-refractivity contribution >= 4 is 28.9 Å². The first-order valence-corrected chi connectivity index (χ1v) is 8.94. The molecule has 2 heterocycles. The SMILES string of the molecule is COc1cc2c(cc1/C=C1/C(=O)N(c3ccccc3)c3ccccc31)OCO2. The molecular weight excluding hydrogens is 354 g/mol. The summed E-state index contributed by atoms with van der Waals surface area (Å²) in [7, 11) is 1.60. The topological polar surface area (TPSA) is 48.0 Å². The largest absolute Gasteiger partial charge is 0.496 e. The van der Waals surface area contributed by atoms with Gasteiger partial charge < -0.3 is 14.2 Å². The monoisotopic (exact) mass is 371 g/mol. The van der Waals surface area contributed by atoms with E-state index in [4.69, 9.17) is 14.2 Å². The van der Waals surface area contributed by atoms with E-state index in [0.29, 0.717) is 22.8 Å². The number of benzene rings is 3. The lowest BCUT2D eigenvalue weighted by Gasteiger charge is -2.16. The Morgan fingerprint density at radius 3 is 2.46 bits per heavy atom. The highest BCUT2D eigenvalue weighted by Gasteiger charge is 2.33. The summed E-state index contributed by atoms with van der Waals surface area (Å²) in [6, 6.07) is 21.1. The van der Waals surface area contributed by atoms with Gasteiger partial charge in [0.2, 0.25) is 6.79 Å². The Morgan fingerprint density at radius 2 is 1.68 bits per heavy atom. The van der Waals surface area contributed by atoms with E-state index >= 15 is 0 Å². The van der Waals surface area contributed by atoms with Crippen molar-refractivity contribution in [3.8, 4) is 17.2 Å². The molecule has 0 spiro atoms. The molecule has 0 saturated carbocycles. The van der Waals surface area contributed by atoms with Crippen molar-refractivity contribution in [2.24, 2.45) is 0 Å². The molecule has 0 unspecified atom stereocenters. The van der Waals surface area contributed by atoms with Crippen molar-refractivity contribution < 1.29 is 19.0 Å². The van der Waals surface area contributed by atoms with E-state index in [1.807, 2.05) is 66.7 Å². The fourth-order valence-electron chi connectivity index (χ4n) is 3.60. The van der Waals surface area contributed by atoms with E-state index in [0.717, 1.165) is 22.5 Å². The number of anilines is 2. The summed E-state index contributed by atoms with van der Waals surface area (Å²) in [6.45, 7) is 0.183. The number of amides is 1. The van der Waals surface area contributed by atoms with Gasteiger partial charge in [-0.1, -0.05) is 36.4 Å². The summed E-state index contributed by atoms with van der Waals surface area (Å²) in [5, 5.41) is 0. The van der Waals surface area contributed by atoms with Crippen LogP contribution in [0.3, 0.4) is 0 Å². The normalized spacial score (nSPS) is 15.8. The number of carbonyl (C=O) groups is 1. The number of nitrogens with zero attached hydrogens (tertiary/aromatic N) is 1. The highest BCUT2D eigenvalue weighted by Crippen LogP contribution is 2.44. The Balaban J connectivity index is 1.66. The molecule has 0 radical (unpaired) electrons. The quantitative estimate of drug-likeness (QED) is 0.629. The van der Waals surface area contributed by atoms with Crippen LogP contribution in [0.25, 0.3) is 11.6 Å². The van der Waals surface area contributed by atoms with E-state index in [2.05, 4.69) is 0 Å². The molecule has 0 saturated heterocycles. The smallest absolute Gasteiger partial charge is 0.263 e. The number of methoxy groups -OCH3 is 1. The van der Waals surface area contributed by atoms with Crippen molar-refractivity contribution in [3.63, 3.8) is 0 Å². The van der Waals surface area contributed by atoms with Crippen LogP contribution in [-0.4, -0.2) is 19.8 Å². The van der Waals surface area contributed by atoms with Crippen LogP contribution in [0.5, 0.6) is 17.2 Å². The summed E-state index contributed by atoms with van der Waals surface area (Å²) in [5.41, 5.74) is 3.96. The van der Waals surface area contributed by atoms with Crippen molar-refractivity contribution in [2.45, 2.75) is 0 Å². The fraction of sp³-hybridized carbons (Fsp3) is 0.0870. The fourth-order valence-corrected chi connectivity index (χ4v) is 3.60. The summed E-state index contributed by atoms with van der Waals surface area (Å²) < 4.78 is 16.4. The van der Waals surface area contributed by atoms with Gasteiger partial charge in [-0.25, -0.2) is 0 Å². The third-order valence-corrected chi connectivity index (χ3v) is 4.91. The lowest BCUT2D eigenvalue weighted by Crippen LogP contribution is -2.20. The molecule has 0 fully saturated rings. The van der Waals surface area contributed by atoms with Crippen LogP contribution in [0.4, 0.5) is 11.4 Å². The number of para-hydroxylation sites is 2. The zero-order valence-corrected chi connectivity index (χ0v) is 15.2. The van der Waals surface area contributed by atoms with Gasteiger partial charge in [-0.15, -0.1) is 0 Å². The predicted molar refractivity (Wildman–Crippen MR) is 107 cm³/mol. The first kappa shape index (κ1) is 16.4. The average Bonchev–Trinajstić information content (AvgIpc) is 3.30. The number of hydrogen-bond donors (Lipinski definition) is 0. The molecular formula is C23H17NO4. The highest BCUT2D eigenvalue weighted by molar-refractivity contribution is 6.38. The molecule has 5 heteroatoms.